The zero-order valence-corrected chi connectivity index (χ0v) is 11.7. The Bertz CT molecular complexity index is 534. The molecule has 0 radical (unpaired) electrons. The Hall–Kier alpha value is -1.29. The molecular weight excluding hydrogens is 230 g/mol. The average molecular weight is 251 g/mol. The lowest BCUT2D eigenvalue weighted by atomic mass is 9.43. The van der Waals surface area contributed by atoms with E-state index in [0.717, 1.165) is 18.3 Å². The van der Waals surface area contributed by atoms with Crippen LogP contribution in [0.4, 0.5) is 0 Å². The van der Waals surface area contributed by atoms with Gasteiger partial charge in [0.2, 0.25) is 0 Å². The van der Waals surface area contributed by atoms with E-state index >= 15 is 0 Å². The summed E-state index contributed by atoms with van der Waals surface area (Å²) in [6.07, 6.45) is 7.51. The van der Waals surface area contributed by atoms with Gasteiger partial charge < -0.3 is 0 Å². The molecule has 4 aliphatic rings. The molecule has 2 atom stereocenters. The van der Waals surface area contributed by atoms with E-state index in [1.54, 1.807) is 0 Å². The average Bonchev–Trinajstić information content (AvgIpc) is 2.38. The zero-order chi connectivity index (χ0) is 13.1. The molecule has 4 saturated carbocycles. The van der Waals surface area contributed by atoms with Gasteiger partial charge in [-0.2, -0.15) is 5.26 Å². The second kappa shape index (κ2) is 3.63. The molecule has 4 aliphatic carbocycles. The van der Waals surface area contributed by atoms with Gasteiger partial charge in [-0.05, 0) is 68.3 Å². The molecule has 0 amide bonds. The number of benzene rings is 1. The molecule has 0 aliphatic heterocycles. The van der Waals surface area contributed by atoms with Gasteiger partial charge in [-0.25, -0.2) is 0 Å². The SMILES string of the molecule is Cc1ccc(C23C[C@H]4C[C@@H](CC(C#N)(C4)C2)C3)cc1. The van der Waals surface area contributed by atoms with E-state index < -0.39 is 0 Å². The molecule has 4 bridgehead atoms. The third-order valence-corrected chi connectivity index (χ3v) is 5.96. The normalized spacial score (nSPS) is 43.2. The van der Waals surface area contributed by atoms with Crippen molar-refractivity contribution in [1.29, 1.82) is 5.26 Å². The highest BCUT2D eigenvalue weighted by Crippen LogP contribution is 2.65. The molecule has 0 unspecified atom stereocenters. The smallest absolute Gasteiger partial charge is 0.0690 e. The van der Waals surface area contributed by atoms with Crippen LogP contribution in [0.1, 0.15) is 49.7 Å². The maximum atomic E-state index is 9.69. The molecule has 0 N–H and O–H groups in total. The summed E-state index contributed by atoms with van der Waals surface area (Å²) in [5.41, 5.74) is 3.18. The molecule has 0 saturated heterocycles. The van der Waals surface area contributed by atoms with Gasteiger partial charge in [-0.15, -0.1) is 0 Å². The zero-order valence-electron chi connectivity index (χ0n) is 11.7. The van der Waals surface area contributed by atoms with Gasteiger partial charge in [0.05, 0.1) is 11.5 Å². The van der Waals surface area contributed by atoms with Crippen LogP contribution in [0.25, 0.3) is 0 Å². The van der Waals surface area contributed by atoms with Gasteiger partial charge in [-0.3, -0.25) is 0 Å². The van der Waals surface area contributed by atoms with Crippen LogP contribution in [-0.4, -0.2) is 0 Å². The minimum absolute atomic E-state index is 0.00890. The Kier molecular flexibility index (Phi) is 2.20. The van der Waals surface area contributed by atoms with Crippen LogP contribution >= 0.6 is 0 Å². The molecule has 1 aromatic rings. The van der Waals surface area contributed by atoms with E-state index in [4.69, 9.17) is 0 Å². The monoisotopic (exact) mass is 251 g/mol. The molecule has 98 valence electrons. The van der Waals surface area contributed by atoms with Gasteiger partial charge >= 0.3 is 0 Å². The third-order valence-electron chi connectivity index (χ3n) is 5.96. The highest BCUT2D eigenvalue weighted by molar-refractivity contribution is 5.34. The topological polar surface area (TPSA) is 23.8 Å². The Morgan fingerprint density at radius 1 is 1.05 bits per heavy atom. The first-order chi connectivity index (χ1) is 9.13. The van der Waals surface area contributed by atoms with Crippen LogP contribution in [-0.2, 0) is 5.41 Å². The molecular formula is C18H21N. The predicted molar refractivity (Wildman–Crippen MR) is 75.6 cm³/mol. The number of nitriles is 1. The molecule has 1 heteroatoms. The van der Waals surface area contributed by atoms with Crippen LogP contribution in [0.3, 0.4) is 0 Å². The molecule has 5 rings (SSSR count). The van der Waals surface area contributed by atoms with Gasteiger partial charge in [0.1, 0.15) is 0 Å². The number of rotatable bonds is 1. The van der Waals surface area contributed by atoms with E-state index in [9.17, 15) is 5.26 Å². The van der Waals surface area contributed by atoms with Gasteiger partial charge in [0, 0.05) is 0 Å². The molecule has 4 fully saturated rings. The molecule has 19 heavy (non-hydrogen) atoms. The summed E-state index contributed by atoms with van der Waals surface area (Å²) in [4.78, 5) is 0. The van der Waals surface area contributed by atoms with E-state index in [1.807, 2.05) is 0 Å². The van der Waals surface area contributed by atoms with E-state index in [1.165, 1.54) is 43.2 Å². The molecule has 0 heterocycles. The van der Waals surface area contributed by atoms with Crippen LogP contribution in [0.5, 0.6) is 0 Å². The van der Waals surface area contributed by atoms with Crippen molar-refractivity contribution in [3.8, 4) is 6.07 Å². The molecule has 0 spiro atoms. The minimum Gasteiger partial charge on any atom is -0.198 e. The highest BCUT2D eigenvalue weighted by Gasteiger charge is 2.58. The predicted octanol–water partition coefficient (Wildman–Crippen LogP) is 4.36. The van der Waals surface area contributed by atoms with Crippen molar-refractivity contribution < 1.29 is 0 Å². The summed E-state index contributed by atoms with van der Waals surface area (Å²) in [7, 11) is 0. The summed E-state index contributed by atoms with van der Waals surface area (Å²) < 4.78 is 0. The largest absolute Gasteiger partial charge is 0.198 e. The first-order valence-electron chi connectivity index (χ1n) is 7.62. The van der Waals surface area contributed by atoms with Crippen molar-refractivity contribution in [2.45, 2.75) is 50.9 Å². The summed E-state index contributed by atoms with van der Waals surface area (Å²) in [5, 5.41) is 9.69. The van der Waals surface area contributed by atoms with Gasteiger partial charge in [0.15, 0.2) is 0 Å². The summed E-state index contributed by atoms with van der Waals surface area (Å²) in [5.74, 6) is 1.62. The Morgan fingerprint density at radius 2 is 1.68 bits per heavy atom. The summed E-state index contributed by atoms with van der Waals surface area (Å²) in [6, 6.07) is 11.9. The molecule has 1 nitrogen and oxygen atoms in total. The van der Waals surface area contributed by atoms with E-state index in [0.29, 0.717) is 5.41 Å². The standard InChI is InChI=1S/C18H21N/c1-13-2-4-16(5-3-13)18-9-14-6-15(10-18)8-17(7-14,11-18)12-19/h2-5,14-15H,6-11H2,1H3/t14-,15-,17?,18?/m0/s1. The van der Waals surface area contributed by atoms with Crippen molar-refractivity contribution in [3.63, 3.8) is 0 Å². The van der Waals surface area contributed by atoms with Gasteiger partial charge in [-0.1, -0.05) is 29.8 Å². The lowest BCUT2D eigenvalue weighted by molar-refractivity contribution is -0.0413. The third kappa shape index (κ3) is 1.59. The molecule has 1 aromatic carbocycles. The first kappa shape index (κ1) is 11.5. The Morgan fingerprint density at radius 3 is 2.26 bits per heavy atom. The lowest BCUT2D eigenvalue weighted by Gasteiger charge is -2.60. The maximum Gasteiger partial charge on any atom is 0.0690 e. The second-order valence-corrected chi connectivity index (χ2v) is 7.50. The Labute approximate surface area is 115 Å². The van der Waals surface area contributed by atoms with Crippen molar-refractivity contribution in [3.05, 3.63) is 35.4 Å². The van der Waals surface area contributed by atoms with Crippen LogP contribution in [0, 0.1) is 35.5 Å². The van der Waals surface area contributed by atoms with E-state index in [2.05, 4.69) is 37.3 Å². The van der Waals surface area contributed by atoms with Crippen molar-refractivity contribution >= 4 is 0 Å². The first-order valence-corrected chi connectivity index (χ1v) is 7.62. The van der Waals surface area contributed by atoms with E-state index in [-0.39, 0.29) is 5.41 Å². The Balaban J connectivity index is 1.79. The highest BCUT2D eigenvalue weighted by atomic mass is 14.6. The second-order valence-electron chi connectivity index (χ2n) is 7.50. The maximum absolute atomic E-state index is 9.69. The number of nitrogens with zero attached hydrogens (tertiary/aromatic N) is 1. The quantitative estimate of drug-likeness (QED) is 0.727. The van der Waals surface area contributed by atoms with Crippen molar-refractivity contribution in [1.82, 2.24) is 0 Å². The van der Waals surface area contributed by atoms with Crippen LogP contribution in [0.15, 0.2) is 24.3 Å². The fourth-order valence-corrected chi connectivity index (χ4v) is 5.64. The fraction of sp³-hybridized carbons (Fsp3) is 0.611. The number of hydrogen-bond donors (Lipinski definition) is 0. The van der Waals surface area contributed by atoms with Gasteiger partial charge in [0.25, 0.3) is 0 Å². The molecule has 0 aromatic heterocycles. The fourth-order valence-electron chi connectivity index (χ4n) is 5.64. The number of hydrogen-bond acceptors (Lipinski definition) is 1. The van der Waals surface area contributed by atoms with Crippen molar-refractivity contribution in [2.24, 2.45) is 17.3 Å². The lowest BCUT2D eigenvalue weighted by Crippen LogP contribution is -2.53. The van der Waals surface area contributed by atoms with Crippen molar-refractivity contribution in [2.75, 3.05) is 0 Å². The summed E-state index contributed by atoms with van der Waals surface area (Å²) in [6.45, 7) is 2.15. The minimum atomic E-state index is 0.00890. The summed E-state index contributed by atoms with van der Waals surface area (Å²) >= 11 is 0. The van der Waals surface area contributed by atoms with Crippen LogP contribution in [0.2, 0.25) is 0 Å². The number of aryl methyl sites for hydroxylation is 1. The van der Waals surface area contributed by atoms with Crippen LogP contribution < -0.4 is 0 Å².